The fourth-order valence-corrected chi connectivity index (χ4v) is 3.54. The fourth-order valence-electron chi connectivity index (χ4n) is 3.54. The average molecular weight is 349 g/mol. The molecular weight excluding hydrogens is 330 g/mol. The van der Waals surface area contributed by atoms with E-state index in [4.69, 9.17) is 10.5 Å². The van der Waals surface area contributed by atoms with Crippen LogP contribution >= 0.6 is 0 Å². The van der Waals surface area contributed by atoms with E-state index in [1.165, 1.54) is 11.9 Å². The number of nitrogens with two attached hydrogens (primary N) is 1. The Balaban J connectivity index is 2.00. The van der Waals surface area contributed by atoms with Gasteiger partial charge in [0.05, 0.1) is 29.9 Å². The van der Waals surface area contributed by atoms with Gasteiger partial charge in [-0.1, -0.05) is 12.1 Å². The van der Waals surface area contributed by atoms with E-state index < -0.39 is 5.92 Å². The lowest BCUT2D eigenvalue weighted by Gasteiger charge is -2.16. The van der Waals surface area contributed by atoms with Crippen molar-refractivity contribution in [2.24, 2.45) is 0 Å². The van der Waals surface area contributed by atoms with E-state index in [1.54, 1.807) is 7.11 Å². The third-order valence-electron chi connectivity index (χ3n) is 4.95. The number of hydrogen-bond donors (Lipinski definition) is 1. The second-order valence-electron chi connectivity index (χ2n) is 6.44. The Labute approximate surface area is 150 Å². The predicted molar refractivity (Wildman–Crippen MR) is 99.4 cm³/mol. The van der Waals surface area contributed by atoms with Gasteiger partial charge in [-0.2, -0.15) is 0 Å². The molecule has 2 aromatic carbocycles. The highest BCUT2D eigenvalue weighted by atomic mass is 16.5. The van der Waals surface area contributed by atoms with Gasteiger partial charge in [0.2, 0.25) is 11.8 Å². The zero-order valence-electron chi connectivity index (χ0n) is 14.6. The maximum absolute atomic E-state index is 12.6. The number of fused-ring (bicyclic) bond motifs is 1. The molecule has 0 bridgehead atoms. The Bertz CT molecular complexity index is 1040. The van der Waals surface area contributed by atoms with Gasteiger partial charge in [-0.3, -0.25) is 14.5 Å². The molecule has 4 rings (SSSR count). The number of benzene rings is 2. The lowest BCUT2D eigenvalue weighted by atomic mass is 10.0. The van der Waals surface area contributed by atoms with Crippen molar-refractivity contribution in [3.63, 3.8) is 0 Å². The number of nitrogens with zero attached hydrogens (tertiary/aromatic N) is 2. The average Bonchev–Trinajstić information content (AvgIpc) is 3.14. The van der Waals surface area contributed by atoms with Crippen molar-refractivity contribution in [1.82, 2.24) is 9.47 Å². The number of carbonyl (C=O) groups excluding carboxylic acids is 2. The monoisotopic (exact) mass is 349 g/mol. The minimum Gasteiger partial charge on any atom is -0.497 e. The first kappa shape index (κ1) is 16.2. The summed E-state index contributed by atoms with van der Waals surface area (Å²) in [5.74, 6) is -0.158. The summed E-state index contributed by atoms with van der Waals surface area (Å²) < 4.78 is 7.29. The van der Waals surface area contributed by atoms with Crippen LogP contribution in [0.25, 0.3) is 16.6 Å². The molecule has 2 N–H and O–H groups in total. The third-order valence-corrected chi connectivity index (χ3v) is 4.95. The summed E-state index contributed by atoms with van der Waals surface area (Å²) in [7, 11) is 3.14. The summed E-state index contributed by atoms with van der Waals surface area (Å²) in [6.45, 7) is 0. The zero-order chi connectivity index (χ0) is 18.4. The Morgan fingerprint density at radius 1 is 1.12 bits per heavy atom. The van der Waals surface area contributed by atoms with Crippen molar-refractivity contribution < 1.29 is 14.3 Å². The van der Waals surface area contributed by atoms with Gasteiger partial charge in [-0.05, 0) is 36.4 Å². The second-order valence-corrected chi connectivity index (χ2v) is 6.44. The van der Waals surface area contributed by atoms with Gasteiger partial charge >= 0.3 is 0 Å². The van der Waals surface area contributed by atoms with Crippen molar-refractivity contribution in [3.8, 4) is 11.4 Å². The molecule has 1 saturated heterocycles. The number of methoxy groups -OCH3 is 1. The van der Waals surface area contributed by atoms with E-state index >= 15 is 0 Å². The number of imide groups is 1. The third kappa shape index (κ3) is 2.34. The zero-order valence-corrected chi connectivity index (χ0v) is 14.6. The van der Waals surface area contributed by atoms with E-state index in [-0.39, 0.29) is 18.2 Å². The molecule has 1 unspecified atom stereocenters. The first-order chi connectivity index (χ1) is 12.5. The van der Waals surface area contributed by atoms with Crippen LogP contribution in [-0.4, -0.2) is 35.4 Å². The van der Waals surface area contributed by atoms with Crippen molar-refractivity contribution in [3.05, 3.63) is 54.2 Å². The van der Waals surface area contributed by atoms with Gasteiger partial charge < -0.3 is 15.0 Å². The number of likely N-dealkylation sites (tertiary alicyclic amines) is 1. The van der Waals surface area contributed by atoms with Gasteiger partial charge in [0.15, 0.2) is 0 Å². The SMILES string of the molecule is COc1ccc2c(c1)cc(C1CC(=O)N(C)C1=O)n2-c1ccccc1N. The summed E-state index contributed by atoms with van der Waals surface area (Å²) in [5, 5.41) is 0.928. The van der Waals surface area contributed by atoms with Crippen molar-refractivity contribution in [2.75, 3.05) is 19.9 Å². The van der Waals surface area contributed by atoms with Crippen LogP contribution in [0.1, 0.15) is 18.0 Å². The second kappa shape index (κ2) is 5.91. The minimum absolute atomic E-state index is 0.162. The molecule has 26 heavy (non-hydrogen) atoms. The van der Waals surface area contributed by atoms with Crippen LogP contribution in [0.4, 0.5) is 5.69 Å². The number of amides is 2. The number of ether oxygens (including phenoxy) is 1. The number of rotatable bonds is 3. The van der Waals surface area contributed by atoms with E-state index in [9.17, 15) is 9.59 Å². The van der Waals surface area contributed by atoms with Crippen molar-refractivity contribution >= 4 is 28.4 Å². The van der Waals surface area contributed by atoms with Crippen LogP contribution in [0.15, 0.2) is 48.5 Å². The van der Waals surface area contributed by atoms with Crippen LogP contribution < -0.4 is 10.5 Å². The van der Waals surface area contributed by atoms with E-state index in [0.717, 1.165) is 28.0 Å². The maximum atomic E-state index is 12.6. The standard InChI is InChI=1S/C20H19N3O3/c1-22-19(24)11-14(20(22)25)18-10-12-9-13(26-2)7-8-16(12)23(18)17-6-4-3-5-15(17)21/h3-10,14H,11,21H2,1-2H3. The number of anilines is 1. The highest BCUT2D eigenvalue weighted by Gasteiger charge is 2.39. The summed E-state index contributed by atoms with van der Waals surface area (Å²) in [6.07, 6.45) is 0.162. The largest absolute Gasteiger partial charge is 0.497 e. The molecule has 0 spiro atoms. The minimum atomic E-state index is -0.523. The summed E-state index contributed by atoms with van der Waals surface area (Å²) in [5.41, 5.74) is 9.27. The number of aromatic nitrogens is 1. The van der Waals surface area contributed by atoms with Gasteiger partial charge in [-0.15, -0.1) is 0 Å². The van der Waals surface area contributed by atoms with Crippen molar-refractivity contribution in [1.29, 1.82) is 0 Å². The quantitative estimate of drug-likeness (QED) is 0.582. The Hall–Kier alpha value is -3.28. The number of likely N-dealkylation sites (N-methyl/N-ethyl adjacent to an activating group) is 1. The molecule has 0 saturated carbocycles. The Kier molecular flexibility index (Phi) is 3.68. The Morgan fingerprint density at radius 2 is 1.88 bits per heavy atom. The molecule has 132 valence electrons. The number of hydrogen-bond acceptors (Lipinski definition) is 4. The first-order valence-electron chi connectivity index (χ1n) is 8.36. The number of para-hydroxylation sites is 2. The molecule has 3 aromatic rings. The van der Waals surface area contributed by atoms with Gasteiger partial charge in [0, 0.05) is 24.5 Å². The van der Waals surface area contributed by atoms with E-state index in [1.807, 2.05) is 53.1 Å². The Morgan fingerprint density at radius 3 is 2.54 bits per heavy atom. The summed E-state index contributed by atoms with van der Waals surface area (Å²) in [4.78, 5) is 25.9. The predicted octanol–water partition coefficient (Wildman–Crippen LogP) is 2.69. The molecule has 1 aliphatic heterocycles. The highest BCUT2D eigenvalue weighted by molar-refractivity contribution is 6.06. The fraction of sp³-hybridized carbons (Fsp3) is 0.200. The van der Waals surface area contributed by atoms with Crippen LogP contribution in [0.3, 0.4) is 0 Å². The van der Waals surface area contributed by atoms with Crippen LogP contribution in [-0.2, 0) is 9.59 Å². The molecule has 1 atom stereocenters. The molecule has 6 heteroatoms. The van der Waals surface area contributed by atoms with Crippen molar-refractivity contribution in [2.45, 2.75) is 12.3 Å². The molecule has 0 aliphatic carbocycles. The van der Waals surface area contributed by atoms with Crippen LogP contribution in [0.2, 0.25) is 0 Å². The number of carbonyl (C=O) groups is 2. The first-order valence-corrected chi connectivity index (χ1v) is 8.36. The summed E-state index contributed by atoms with van der Waals surface area (Å²) >= 11 is 0. The summed E-state index contributed by atoms with van der Waals surface area (Å²) in [6, 6.07) is 15.2. The van der Waals surface area contributed by atoms with E-state index in [0.29, 0.717) is 5.69 Å². The smallest absolute Gasteiger partial charge is 0.238 e. The molecule has 1 fully saturated rings. The lowest BCUT2D eigenvalue weighted by molar-refractivity contribution is -0.137. The lowest BCUT2D eigenvalue weighted by Crippen LogP contribution is -2.25. The maximum Gasteiger partial charge on any atom is 0.238 e. The molecule has 1 aromatic heterocycles. The molecule has 2 heterocycles. The molecule has 1 aliphatic rings. The molecular formula is C20H19N3O3. The van der Waals surface area contributed by atoms with Gasteiger partial charge in [0.25, 0.3) is 0 Å². The van der Waals surface area contributed by atoms with Crippen LogP contribution in [0, 0.1) is 0 Å². The van der Waals surface area contributed by atoms with E-state index in [2.05, 4.69) is 0 Å². The normalized spacial score (nSPS) is 17.3. The topological polar surface area (TPSA) is 77.6 Å². The highest BCUT2D eigenvalue weighted by Crippen LogP contribution is 2.37. The number of nitrogen functional groups attached to an aromatic ring is 1. The van der Waals surface area contributed by atoms with Crippen LogP contribution in [0.5, 0.6) is 5.75 Å². The molecule has 2 amide bonds. The molecule has 0 radical (unpaired) electrons. The molecule has 6 nitrogen and oxygen atoms in total. The van der Waals surface area contributed by atoms with Gasteiger partial charge in [0.1, 0.15) is 5.75 Å². The van der Waals surface area contributed by atoms with Gasteiger partial charge in [-0.25, -0.2) is 0 Å².